The maximum Gasteiger partial charge on any atom is 0.165 e. The van der Waals surface area contributed by atoms with Gasteiger partial charge in [0.1, 0.15) is 0 Å². The molecule has 3 nitrogen and oxygen atoms in total. The Labute approximate surface area is 130 Å². The lowest BCUT2D eigenvalue weighted by Crippen LogP contribution is -2.28. The highest BCUT2D eigenvalue weighted by Gasteiger charge is 2.15. The van der Waals surface area contributed by atoms with Gasteiger partial charge in [0.25, 0.3) is 0 Å². The summed E-state index contributed by atoms with van der Waals surface area (Å²) < 4.78 is 11.9. The molecule has 0 amide bonds. The van der Waals surface area contributed by atoms with E-state index in [2.05, 4.69) is 27.3 Å². The summed E-state index contributed by atoms with van der Waals surface area (Å²) in [6.07, 6.45) is 8.02. The Balaban J connectivity index is 2.05. The zero-order valence-electron chi connectivity index (χ0n) is 12.4. The Morgan fingerprint density at radius 3 is 2.40 bits per heavy atom. The van der Waals surface area contributed by atoms with Crippen LogP contribution in [0.1, 0.15) is 44.1 Å². The minimum atomic E-state index is 0.632. The van der Waals surface area contributed by atoms with Gasteiger partial charge >= 0.3 is 0 Å². The molecule has 0 heterocycles. The number of benzene rings is 1. The average Bonchev–Trinajstić information content (AvgIpc) is 2.73. The summed E-state index contributed by atoms with van der Waals surface area (Å²) in [5.41, 5.74) is 1.14. The highest BCUT2D eigenvalue weighted by Crippen LogP contribution is 2.34. The lowest BCUT2D eigenvalue weighted by molar-refractivity contribution is 0.348. The van der Waals surface area contributed by atoms with Crippen LogP contribution in [0.25, 0.3) is 0 Å². The molecule has 2 rings (SSSR count). The summed E-state index contributed by atoms with van der Waals surface area (Å²) in [6.45, 7) is 0.823. The van der Waals surface area contributed by atoms with Gasteiger partial charge in [-0.2, -0.15) is 0 Å². The first kappa shape index (κ1) is 15.6. The zero-order valence-corrected chi connectivity index (χ0v) is 14.0. The third-order valence-electron chi connectivity index (χ3n) is 3.96. The van der Waals surface area contributed by atoms with Crippen molar-refractivity contribution in [2.24, 2.45) is 0 Å². The number of hydrogen-bond donors (Lipinski definition) is 1. The van der Waals surface area contributed by atoms with Gasteiger partial charge in [-0.1, -0.05) is 41.6 Å². The van der Waals surface area contributed by atoms with E-state index in [4.69, 9.17) is 9.47 Å². The molecule has 0 spiro atoms. The monoisotopic (exact) mass is 341 g/mol. The molecule has 20 heavy (non-hydrogen) atoms. The van der Waals surface area contributed by atoms with Crippen LogP contribution in [0.2, 0.25) is 0 Å². The first-order valence-electron chi connectivity index (χ1n) is 7.38. The summed E-state index contributed by atoms with van der Waals surface area (Å²) in [5, 5.41) is 3.67. The molecule has 112 valence electrons. The van der Waals surface area contributed by atoms with Crippen LogP contribution in [0.15, 0.2) is 16.6 Å². The molecule has 1 aliphatic rings. The lowest BCUT2D eigenvalue weighted by Gasteiger charge is -2.19. The quantitative estimate of drug-likeness (QED) is 0.811. The molecule has 0 saturated heterocycles. The molecule has 1 N–H and O–H groups in total. The van der Waals surface area contributed by atoms with Gasteiger partial charge in [0.2, 0.25) is 0 Å². The summed E-state index contributed by atoms with van der Waals surface area (Å²) >= 11 is 3.53. The Kier molecular flexibility index (Phi) is 6.17. The van der Waals surface area contributed by atoms with Crippen molar-refractivity contribution >= 4 is 15.9 Å². The number of methoxy groups -OCH3 is 2. The van der Waals surface area contributed by atoms with Crippen LogP contribution in [0.5, 0.6) is 11.5 Å². The second-order valence-corrected chi connectivity index (χ2v) is 6.29. The minimum absolute atomic E-state index is 0.632. The molecule has 0 radical (unpaired) electrons. The van der Waals surface area contributed by atoms with Gasteiger partial charge in [0, 0.05) is 22.6 Å². The Morgan fingerprint density at radius 2 is 1.80 bits per heavy atom. The van der Waals surface area contributed by atoms with Crippen molar-refractivity contribution in [3.05, 3.63) is 22.2 Å². The molecule has 4 heteroatoms. The Bertz CT molecular complexity index is 429. The van der Waals surface area contributed by atoms with Gasteiger partial charge in [0.15, 0.2) is 11.5 Å². The highest BCUT2D eigenvalue weighted by atomic mass is 79.9. The number of rotatable bonds is 5. The molecule has 1 fully saturated rings. The fourth-order valence-corrected chi connectivity index (χ4v) is 3.36. The van der Waals surface area contributed by atoms with Crippen LogP contribution in [-0.2, 0) is 6.54 Å². The molecule has 0 atom stereocenters. The van der Waals surface area contributed by atoms with E-state index >= 15 is 0 Å². The second kappa shape index (κ2) is 7.89. The van der Waals surface area contributed by atoms with Crippen molar-refractivity contribution in [2.45, 2.75) is 51.1 Å². The van der Waals surface area contributed by atoms with Gasteiger partial charge in [-0.3, -0.25) is 0 Å². The van der Waals surface area contributed by atoms with E-state index in [1.807, 2.05) is 6.07 Å². The Hall–Kier alpha value is -0.740. The first-order valence-corrected chi connectivity index (χ1v) is 8.17. The van der Waals surface area contributed by atoms with Crippen LogP contribution in [-0.4, -0.2) is 20.3 Å². The zero-order chi connectivity index (χ0) is 14.4. The van der Waals surface area contributed by atoms with Crippen molar-refractivity contribution < 1.29 is 9.47 Å². The summed E-state index contributed by atoms with van der Waals surface area (Å²) in [7, 11) is 3.37. The molecular formula is C16H24BrNO2. The fourth-order valence-electron chi connectivity index (χ4n) is 2.88. The number of hydrogen-bond acceptors (Lipinski definition) is 3. The van der Waals surface area contributed by atoms with Crippen LogP contribution < -0.4 is 14.8 Å². The lowest BCUT2D eigenvalue weighted by atomic mass is 10.1. The normalized spacial score (nSPS) is 16.8. The van der Waals surface area contributed by atoms with E-state index in [-0.39, 0.29) is 0 Å². The van der Waals surface area contributed by atoms with Gasteiger partial charge in [-0.25, -0.2) is 0 Å². The highest BCUT2D eigenvalue weighted by molar-refractivity contribution is 9.10. The fraction of sp³-hybridized carbons (Fsp3) is 0.625. The van der Waals surface area contributed by atoms with Crippen molar-refractivity contribution in [1.29, 1.82) is 0 Å². The number of ether oxygens (including phenoxy) is 2. The maximum absolute atomic E-state index is 5.50. The third kappa shape index (κ3) is 4.13. The molecule has 0 bridgehead atoms. The van der Waals surface area contributed by atoms with E-state index in [9.17, 15) is 0 Å². The van der Waals surface area contributed by atoms with E-state index < -0.39 is 0 Å². The van der Waals surface area contributed by atoms with Gasteiger partial charge in [0.05, 0.1) is 14.2 Å². The third-order valence-corrected chi connectivity index (χ3v) is 4.41. The second-order valence-electron chi connectivity index (χ2n) is 5.37. The van der Waals surface area contributed by atoms with E-state index in [0.29, 0.717) is 6.04 Å². The molecule has 0 aliphatic heterocycles. The molecule has 0 aromatic heterocycles. The predicted octanol–water partition coefficient (Wildman–Crippen LogP) is 4.28. The van der Waals surface area contributed by atoms with E-state index in [1.165, 1.54) is 38.5 Å². The van der Waals surface area contributed by atoms with Gasteiger partial charge in [-0.05, 0) is 25.0 Å². The van der Waals surface area contributed by atoms with Crippen LogP contribution >= 0.6 is 15.9 Å². The molecular weight excluding hydrogens is 318 g/mol. The van der Waals surface area contributed by atoms with Gasteiger partial charge in [-0.15, -0.1) is 0 Å². The summed E-state index contributed by atoms with van der Waals surface area (Å²) in [6, 6.07) is 4.67. The summed E-state index contributed by atoms with van der Waals surface area (Å²) in [5.74, 6) is 1.61. The van der Waals surface area contributed by atoms with Crippen LogP contribution in [0.4, 0.5) is 0 Å². The van der Waals surface area contributed by atoms with Crippen LogP contribution in [0.3, 0.4) is 0 Å². The summed E-state index contributed by atoms with van der Waals surface area (Å²) in [4.78, 5) is 0. The van der Waals surface area contributed by atoms with Crippen molar-refractivity contribution in [2.75, 3.05) is 14.2 Å². The SMILES string of the molecule is COc1cc(Br)cc(CNC2CCCCCC2)c1OC. The smallest absolute Gasteiger partial charge is 0.165 e. The molecule has 1 aromatic rings. The topological polar surface area (TPSA) is 30.5 Å². The minimum Gasteiger partial charge on any atom is -0.493 e. The first-order chi connectivity index (χ1) is 9.74. The molecule has 1 aliphatic carbocycles. The Morgan fingerprint density at radius 1 is 1.10 bits per heavy atom. The van der Waals surface area contributed by atoms with Gasteiger partial charge < -0.3 is 14.8 Å². The number of nitrogens with one attached hydrogen (secondary N) is 1. The molecule has 0 unspecified atom stereocenters. The van der Waals surface area contributed by atoms with E-state index in [1.54, 1.807) is 14.2 Å². The van der Waals surface area contributed by atoms with Crippen molar-refractivity contribution in [1.82, 2.24) is 5.32 Å². The average molecular weight is 342 g/mol. The largest absolute Gasteiger partial charge is 0.493 e. The predicted molar refractivity (Wildman–Crippen MR) is 85.6 cm³/mol. The molecule has 1 saturated carbocycles. The number of halogens is 1. The molecule has 1 aromatic carbocycles. The van der Waals surface area contributed by atoms with Crippen molar-refractivity contribution in [3.63, 3.8) is 0 Å². The standard InChI is InChI=1S/C16H24BrNO2/c1-19-15-10-13(17)9-12(16(15)20-2)11-18-14-7-5-3-4-6-8-14/h9-10,14,18H,3-8,11H2,1-2H3. The van der Waals surface area contributed by atoms with E-state index in [0.717, 1.165) is 28.1 Å². The van der Waals surface area contributed by atoms with Crippen molar-refractivity contribution in [3.8, 4) is 11.5 Å². The maximum atomic E-state index is 5.50. The van der Waals surface area contributed by atoms with Crippen LogP contribution in [0, 0.1) is 0 Å².